The number of amides is 1. The van der Waals surface area contributed by atoms with Gasteiger partial charge in [0.05, 0.1) is 5.69 Å². The van der Waals surface area contributed by atoms with Crippen LogP contribution < -0.4 is 11.1 Å². The van der Waals surface area contributed by atoms with Gasteiger partial charge < -0.3 is 16.0 Å². The Morgan fingerprint density at radius 2 is 2.32 bits per heavy atom. The summed E-state index contributed by atoms with van der Waals surface area (Å²) in [6, 6.07) is 0.911. The minimum atomic E-state index is -0.144. The van der Waals surface area contributed by atoms with E-state index in [-0.39, 0.29) is 11.9 Å². The number of carbonyl (C=O) groups excluding carboxylic acids is 1. The summed E-state index contributed by atoms with van der Waals surface area (Å²) in [5.74, 6) is -0.144. The summed E-state index contributed by atoms with van der Waals surface area (Å²) in [4.78, 5) is 14.7. The summed E-state index contributed by atoms with van der Waals surface area (Å²) in [5, 5.41) is 7.19. The van der Waals surface area contributed by atoms with E-state index in [9.17, 15) is 4.79 Å². The van der Waals surface area contributed by atoms with Crippen molar-refractivity contribution in [1.82, 2.24) is 20.0 Å². The molecule has 0 radical (unpaired) electrons. The predicted octanol–water partition coefficient (Wildman–Crippen LogP) is 0.359. The molecule has 3 rings (SSSR count). The van der Waals surface area contributed by atoms with E-state index in [1.165, 1.54) is 19.4 Å². The monoisotopic (exact) mass is 263 g/mol. The average Bonchev–Trinajstić information content (AvgIpc) is 2.94. The zero-order valence-electron chi connectivity index (χ0n) is 11.3. The van der Waals surface area contributed by atoms with Gasteiger partial charge in [0.25, 0.3) is 5.91 Å². The molecule has 3 heterocycles. The molecule has 1 aromatic rings. The van der Waals surface area contributed by atoms with E-state index in [1.54, 1.807) is 17.9 Å². The molecule has 1 amide bonds. The smallest absolute Gasteiger partial charge is 0.274 e. The van der Waals surface area contributed by atoms with E-state index < -0.39 is 0 Å². The van der Waals surface area contributed by atoms with Crippen molar-refractivity contribution in [3.8, 4) is 0 Å². The summed E-state index contributed by atoms with van der Waals surface area (Å²) in [7, 11) is 1.77. The van der Waals surface area contributed by atoms with Crippen LogP contribution in [0.3, 0.4) is 0 Å². The molecule has 0 bridgehead atoms. The molecule has 2 unspecified atom stereocenters. The van der Waals surface area contributed by atoms with Crippen LogP contribution in [0.1, 0.15) is 36.2 Å². The maximum absolute atomic E-state index is 12.2. The molecule has 0 spiro atoms. The second kappa shape index (κ2) is 4.85. The Morgan fingerprint density at radius 3 is 3.05 bits per heavy atom. The largest absolute Gasteiger partial charge is 0.396 e. The fraction of sp³-hybridized carbons (Fsp3) is 0.692. The summed E-state index contributed by atoms with van der Waals surface area (Å²) in [5.41, 5.74) is 6.57. The minimum absolute atomic E-state index is 0.144. The number of carbonyl (C=O) groups is 1. The number of anilines is 1. The summed E-state index contributed by atoms with van der Waals surface area (Å²) >= 11 is 0. The van der Waals surface area contributed by atoms with Gasteiger partial charge >= 0.3 is 0 Å². The van der Waals surface area contributed by atoms with Crippen LogP contribution in [-0.2, 0) is 7.05 Å². The molecule has 1 aromatic heterocycles. The summed E-state index contributed by atoms with van der Waals surface area (Å²) in [6.07, 6.45) is 6.29. The Labute approximate surface area is 112 Å². The van der Waals surface area contributed by atoms with Gasteiger partial charge in [-0.25, -0.2) is 0 Å². The van der Waals surface area contributed by atoms with Crippen molar-refractivity contribution in [2.45, 2.75) is 37.8 Å². The SMILES string of the molecule is Cn1cc(N)c(C(=O)NC2CCN3CCCC3C2)n1. The zero-order chi connectivity index (χ0) is 13.4. The van der Waals surface area contributed by atoms with Gasteiger partial charge in [-0.1, -0.05) is 0 Å². The first kappa shape index (κ1) is 12.5. The van der Waals surface area contributed by atoms with Crippen molar-refractivity contribution in [2.24, 2.45) is 7.05 Å². The Kier molecular flexibility index (Phi) is 3.18. The van der Waals surface area contributed by atoms with Crippen molar-refractivity contribution in [3.63, 3.8) is 0 Å². The highest BCUT2D eigenvalue weighted by Crippen LogP contribution is 2.27. The van der Waals surface area contributed by atoms with Gasteiger partial charge in [-0.2, -0.15) is 5.10 Å². The molecule has 2 aliphatic rings. The Balaban J connectivity index is 1.62. The molecule has 0 aromatic carbocycles. The van der Waals surface area contributed by atoms with Crippen LogP contribution in [-0.4, -0.2) is 45.8 Å². The van der Waals surface area contributed by atoms with Crippen molar-refractivity contribution in [2.75, 3.05) is 18.8 Å². The lowest BCUT2D eigenvalue weighted by Crippen LogP contribution is -2.47. The molecule has 2 fully saturated rings. The fourth-order valence-corrected chi connectivity index (χ4v) is 3.29. The van der Waals surface area contributed by atoms with E-state index in [0.717, 1.165) is 19.4 Å². The Bertz CT molecular complexity index is 483. The standard InChI is InChI=1S/C13H21N5O/c1-17-8-11(14)12(16-17)13(19)15-9-4-6-18-5-2-3-10(18)7-9/h8-10H,2-7,14H2,1H3,(H,15,19). The number of nitrogens with zero attached hydrogens (tertiary/aromatic N) is 3. The van der Waals surface area contributed by atoms with Gasteiger partial charge in [-0.3, -0.25) is 9.48 Å². The number of hydrogen-bond donors (Lipinski definition) is 2. The lowest BCUT2D eigenvalue weighted by Gasteiger charge is -2.35. The fourth-order valence-electron chi connectivity index (χ4n) is 3.29. The van der Waals surface area contributed by atoms with Crippen LogP contribution in [0.5, 0.6) is 0 Å². The van der Waals surface area contributed by atoms with Gasteiger partial charge in [-0.05, 0) is 32.2 Å². The lowest BCUT2D eigenvalue weighted by atomic mass is 9.97. The van der Waals surface area contributed by atoms with Gasteiger partial charge in [0, 0.05) is 31.9 Å². The summed E-state index contributed by atoms with van der Waals surface area (Å²) < 4.78 is 1.57. The van der Waals surface area contributed by atoms with E-state index in [2.05, 4.69) is 15.3 Å². The zero-order valence-corrected chi connectivity index (χ0v) is 11.3. The molecular formula is C13H21N5O. The number of fused-ring (bicyclic) bond motifs is 1. The van der Waals surface area contributed by atoms with E-state index >= 15 is 0 Å². The number of aromatic nitrogens is 2. The molecule has 2 aliphatic heterocycles. The number of nitrogens with two attached hydrogens (primary N) is 1. The molecule has 19 heavy (non-hydrogen) atoms. The quantitative estimate of drug-likeness (QED) is 0.807. The van der Waals surface area contributed by atoms with E-state index in [0.29, 0.717) is 17.4 Å². The molecule has 3 N–H and O–H groups in total. The third kappa shape index (κ3) is 2.45. The minimum Gasteiger partial charge on any atom is -0.396 e. The second-order valence-electron chi connectivity index (χ2n) is 5.63. The first-order valence-electron chi connectivity index (χ1n) is 6.97. The van der Waals surface area contributed by atoms with Gasteiger partial charge in [-0.15, -0.1) is 0 Å². The average molecular weight is 263 g/mol. The van der Waals surface area contributed by atoms with E-state index in [1.807, 2.05) is 0 Å². The van der Waals surface area contributed by atoms with Crippen LogP contribution in [0.15, 0.2) is 6.20 Å². The third-order valence-electron chi connectivity index (χ3n) is 4.23. The molecule has 0 saturated carbocycles. The van der Waals surface area contributed by atoms with Crippen LogP contribution >= 0.6 is 0 Å². The summed E-state index contributed by atoms with van der Waals surface area (Å²) in [6.45, 7) is 2.31. The molecule has 6 heteroatoms. The van der Waals surface area contributed by atoms with Crippen molar-refractivity contribution < 1.29 is 4.79 Å². The normalized spacial score (nSPS) is 27.2. The second-order valence-corrected chi connectivity index (χ2v) is 5.63. The highest BCUT2D eigenvalue weighted by molar-refractivity contribution is 5.97. The van der Waals surface area contributed by atoms with E-state index in [4.69, 9.17) is 5.73 Å². The van der Waals surface area contributed by atoms with Crippen LogP contribution in [0.2, 0.25) is 0 Å². The number of piperidine rings is 1. The van der Waals surface area contributed by atoms with Crippen molar-refractivity contribution in [1.29, 1.82) is 0 Å². The maximum Gasteiger partial charge on any atom is 0.274 e. The Hall–Kier alpha value is -1.56. The molecule has 2 atom stereocenters. The number of aryl methyl sites for hydroxylation is 1. The predicted molar refractivity (Wildman–Crippen MR) is 72.7 cm³/mol. The topological polar surface area (TPSA) is 76.2 Å². The van der Waals surface area contributed by atoms with Crippen molar-refractivity contribution in [3.05, 3.63) is 11.9 Å². The molecule has 0 aliphatic carbocycles. The molecule has 2 saturated heterocycles. The van der Waals surface area contributed by atoms with Gasteiger partial charge in [0.2, 0.25) is 0 Å². The van der Waals surface area contributed by atoms with Gasteiger partial charge in [0.15, 0.2) is 5.69 Å². The van der Waals surface area contributed by atoms with Crippen molar-refractivity contribution >= 4 is 11.6 Å². The van der Waals surface area contributed by atoms with Crippen LogP contribution in [0, 0.1) is 0 Å². The molecule has 6 nitrogen and oxygen atoms in total. The van der Waals surface area contributed by atoms with Gasteiger partial charge in [0.1, 0.15) is 0 Å². The first-order chi connectivity index (χ1) is 9.13. The molecular weight excluding hydrogens is 242 g/mol. The third-order valence-corrected chi connectivity index (χ3v) is 4.23. The number of rotatable bonds is 2. The number of hydrogen-bond acceptors (Lipinski definition) is 4. The number of nitrogen functional groups attached to an aromatic ring is 1. The molecule has 104 valence electrons. The highest BCUT2D eigenvalue weighted by Gasteiger charge is 2.32. The van der Waals surface area contributed by atoms with Crippen LogP contribution in [0.4, 0.5) is 5.69 Å². The Morgan fingerprint density at radius 1 is 1.47 bits per heavy atom. The lowest BCUT2D eigenvalue weighted by molar-refractivity contribution is 0.0891. The maximum atomic E-state index is 12.2. The first-order valence-corrected chi connectivity index (χ1v) is 6.97. The number of nitrogens with one attached hydrogen (secondary N) is 1. The highest BCUT2D eigenvalue weighted by atomic mass is 16.2. The van der Waals surface area contributed by atoms with Crippen LogP contribution in [0.25, 0.3) is 0 Å².